The van der Waals surface area contributed by atoms with E-state index in [4.69, 9.17) is 0 Å². The summed E-state index contributed by atoms with van der Waals surface area (Å²) in [5.41, 5.74) is 2.63. The molecule has 14 heavy (non-hydrogen) atoms. The fourth-order valence-corrected chi connectivity index (χ4v) is 1.49. The normalized spacial score (nSPS) is 15.1. The van der Waals surface area contributed by atoms with E-state index in [1.54, 1.807) is 7.05 Å². The molecule has 1 N–H and O–H groups in total. The van der Waals surface area contributed by atoms with E-state index in [1.807, 2.05) is 25.1 Å². The van der Waals surface area contributed by atoms with Crippen LogP contribution in [0.15, 0.2) is 30.6 Å². The zero-order valence-electron chi connectivity index (χ0n) is 8.29. The van der Waals surface area contributed by atoms with Crippen LogP contribution in [-0.4, -0.2) is 17.9 Å². The van der Waals surface area contributed by atoms with Crippen LogP contribution in [0, 0.1) is 6.92 Å². The Labute approximate surface area is 83.0 Å². The van der Waals surface area contributed by atoms with Crippen LogP contribution in [0.25, 0.3) is 0 Å². The van der Waals surface area contributed by atoms with E-state index in [0.717, 1.165) is 11.3 Å². The fourth-order valence-electron chi connectivity index (χ4n) is 1.49. The summed E-state index contributed by atoms with van der Waals surface area (Å²) >= 11 is 0. The fraction of sp³-hybridized carbons (Fsp3) is 0.182. The number of carbonyl (C=O) groups excluding carboxylic acids is 1. The lowest BCUT2D eigenvalue weighted by Crippen LogP contribution is -2.34. The third-order valence-corrected chi connectivity index (χ3v) is 2.39. The van der Waals surface area contributed by atoms with E-state index >= 15 is 0 Å². The summed E-state index contributed by atoms with van der Waals surface area (Å²) in [5.74, 6) is 0.610. The van der Waals surface area contributed by atoms with Gasteiger partial charge in [-0.2, -0.15) is 0 Å². The largest absolute Gasteiger partial charge is 0.341 e. The highest BCUT2D eigenvalue weighted by Crippen LogP contribution is 2.25. The summed E-state index contributed by atoms with van der Waals surface area (Å²) in [6, 6.07) is 5.76. The minimum absolute atomic E-state index is 0.00699. The molecule has 0 radical (unpaired) electrons. The molecule has 0 spiro atoms. The molecule has 1 aliphatic rings. The van der Waals surface area contributed by atoms with E-state index in [0.29, 0.717) is 11.4 Å². The van der Waals surface area contributed by atoms with Crippen LogP contribution in [-0.2, 0) is 0 Å². The van der Waals surface area contributed by atoms with Gasteiger partial charge in [-0.3, -0.25) is 9.69 Å². The molecular formula is C11H12N2O. The molecule has 1 heterocycles. The van der Waals surface area contributed by atoms with Crippen LogP contribution in [0.5, 0.6) is 0 Å². The van der Waals surface area contributed by atoms with Crippen molar-refractivity contribution in [3.8, 4) is 0 Å². The number of carbonyl (C=O) groups is 1. The summed E-state index contributed by atoms with van der Waals surface area (Å²) in [5, 5.41) is 3.08. The van der Waals surface area contributed by atoms with Gasteiger partial charge in [0.2, 0.25) is 0 Å². The van der Waals surface area contributed by atoms with Crippen molar-refractivity contribution in [1.82, 2.24) is 4.90 Å². The third kappa shape index (κ3) is 1.18. The Balaban J connectivity index is 2.57. The van der Waals surface area contributed by atoms with Crippen molar-refractivity contribution in [2.45, 2.75) is 6.92 Å². The second-order valence-corrected chi connectivity index (χ2v) is 3.48. The molecule has 2 rings (SSSR count). The van der Waals surface area contributed by atoms with Crippen molar-refractivity contribution in [3.05, 3.63) is 41.7 Å². The Bertz CT molecular complexity index is 423. The van der Waals surface area contributed by atoms with Gasteiger partial charge in [-0.15, -0.1) is 0 Å². The van der Waals surface area contributed by atoms with Crippen LogP contribution in [0.4, 0.5) is 5.69 Å². The predicted octanol–water partition coefficient (Wildman–Crippen LogP) is 1.96. The Hall–Kier alpha value is -1.77. The summed E-state index contributed by atoms with van der Waals surface area (Å²) in [7, 11) is 1.71. The number of rotatable bonds is 0. The van der Waals surface area contributed by atoms with Gasteiger partial charge in [0.15, 0.2) is 0 Å². The number of nitrogens with one attached hydrogen (secondary N) is 1. The van der Waals surface area contributed by atoms with Gasteiger partial charge in [0.25, 0.3) is 5.91 Å². The molecule has 0 saturated heterocycles. The molecule has 0 atom stereocenters. The molecule has 0 fully saturated rings. The zero-order chi connectivity index (χ0) is 10.3. The average molecular weight is 188 g/mol. The first-order valence-electron chi connectivity index (χ1n) is 4.44. The summed E-state index contributed by atoms with van der Waals surface area (Å²) in [4.78, 5) is 13.3. The van der Waals surface area contributed by atoms with Crippen molar-refractivity contribution in [1.29, 1.82) is 0 Å². The maximum atomic E-state index is 11.8. The molecule has 1 aromatic rings. The van der Waals surface area contributed by atoms with Crippen LogP contribution >= 0.6 is 0 Å². The van der Waals surface area contributed by atoms with Gasteiger partial charge in [-0.25, -0.2) is 0 Å². The molecule has 3 nitrogen and oxygen atoms in total. The van der Waals surface area contributed by atoms with Crippen molar-refractivity contribution < 1.29 is 4.79 Å². The first-order chi connectivity index (χ1) is 6.59. The van der Waals surface area contributed by atoms with Crippen molar-refractivity contribution in [2.75, 3.05) is 12.4 Å². The number of hydrogen-bond donors (Lipinski definition) is 1. The first kappa shape index (κ1) is 8.81. The number of nitrogens with zero attached hydrogens (tertiary/aromatic N) is 1. The molecule has 0 bridgehead atoms. The van der Waals surface area contributed by atoms with E-state index in [9.17, 15) is 4.79 Å². The molecule has 1 aliphatic heterocycles. The SMILES string of the molecule is C=C1Nc2ccc(C)cc2C(=O)N1C. The number of anilines is 1. The lowest BCUT2D eigenvalue weighted by atomic mass is 10.1. The lowest BCUT2D eigenvalue weighted by molar-refractivity contribution is 0.0833. The summed E-state index contributed by atoms with van der Waals surface area (Å²) in [6.45, 7) is 5.73. The summed E-state index contributed by atoms with van der Waals surface area (Å²) in [6.07, 6.45) is 0. The molecule has 0 saturated carbocycles. The molecular weight excluding hydrogens is 176 g/mol. The Morgan fingerprint density at radius 1 is 1.43 bits per heavy atom. The highest BCUT2D eigenvalue weighted by molar-refractivity contribution is 6.03. The maximum absolute atomic E-state index is 11.8. The van der Waals surface area contributed by atoms with Crippen molar-refractivity contribution in [2.24, 2.45) is 0 Å². The number of aryl methyl sites for hydroxylation is 1. The quantitative estimate of drug-likeness (QED) is 0.675. The molecule has 72 valence electrons. The van der Waals surface area contributed by atoms with E-state index in [2.05, 4.69) is 11.9 Å². The molecule has 0 unspecified atom stereocenters. The van der Waals surface area contributed by atoms with Crippen LogP contribution in [0.1, 0.15) is 15.9 Å². The Morgan fingerprint density at radius 2 is 2.14 bits per heavy atom. The number of amides is 1. The predicted molar refractivity (Wildman–Crippen MR) is 56.0 cm³/mol. The second kappa shape index (κ2) is 2.87. The standard InChI is InChI=1S/C11H12N2O/c1-7-4-5-10-9(6-7)11(14)13(3)8(2)12-10/h4-6,12H,2H2,1,3H3. The smallest absolute Gasteiger partial charge is 0.261 e. The molecule has 1 amide bonds. The first-order valence-corrected chi connectivity index (χ1v) is 4.44. The Kier molecular flexibility index (Phi) is 1.81. The summed E-state index contributed by atoms with van der Waals surface area (Å²) < 4.78 is 0. The highest BCUT2D eigenvalue weighted by atomic mass is 16.2. The minimum atomic E-state index is -0.00699. The molecule has 1 aromatic carbocycles. The highest BCUT2D eigenvalue weighted by Gasteiger charge is 2.23. The van der Waals surface area contributed by atoms with Gasteiger partial charge in [-0.05, 0) is 19.1 Å². The van der Waals surface area contributed by atoms with Crippen molar-refractivity contribution in [3.63, 3.8) is 0 Å². The van der Waals surface area contributed by atoms with Crippen LogP contribution in [0.3, 0.4) is 0 Å². The molecule has 0 aromatic heterocycles. The van der Waals surface area contributed by atoms with Crippen LogP contribution in [0.2, 0.25) is 0 Å². The van der Waals surface area contributed by atoms with Gasteiger partial charge < -0.3 is 5.32 Å². The number of fused-ring (bicyclic) bond motifs is 1. The molecule has 3 heteroatoms. The van der Waals surface area contributed by atoms with Gasteiger partial charge in [0, 0.05) is 7.05 Å². The average Bonchev–Trinajstić information content (AvgIpc) is 2.16. The van der Waals surface area contributed by atoms with Gasteiger partial charge in [-0.1, -0.05) is 18.2 Å². The number of benzene rings is 1. The third-order valence-electron chi connectivity index (χ3n) is 2.39. The van der Waals surface area contributed by atoms with Crippen LogP contribution < -0.4 is 5.32 Å². The topological polar surface area (TPSA) is 32.3 Å². The van der Waals surface area contributed by atoms with Gasteiger partial charge >= 0.3 is 0 Å². The zero-order valence-corrected chi connectivity index (χ0v) is 8.29. The van der Waals surface area contributed by atoms with Gasteiger partial charge in [0.1, 0.15) is 5.82 Å². The lowest BCUT2D eigenvalue weighted by Gasteiger charge is -2.28. The monoisotopic (exact) mass is 188 g/mol. The minimum Gasteiger partial charge on any atom is -0.341 e. The molecule has 0 aliphatic carbocycles. The van der Waals surface area contributed by atoms with E-state index < -0.39 is 0 Å². The maximum Gasteiger partial charge on any atom is 0.261 e. The van der Waals surface area contributed by atoms with E-state index in [1.165, 1.54) is 4.90 Å². The number of hydrogen-bond acceptors (Lipinski definition) is 2. The van der Waals surface area contributed by atoms with E-state index in [-0.39, 0.29) is 5.91 Å². The second-order valence-electron chi connectivity index (χ2n) is 3.48. The van der Waals surface area contributed by atoms with Gasteiger partial charge in [0.05, 0.1) is 11.3 Å². The Morgan fingerprint density at radius 3 is 2.86 bits per heavy atom. The van der Waals surface area contributed by atoms with Crippen molar-refractivity contribution >= 4 is 11.6 Å².